The fraction of sp³-hybridized carbons (Fsp3) is 0.485. The number of halogens is 2. The van der Waals surface area contributed by atoms with E-state index in [1.165, 1.54) is 11.8 Å². The number of hydrogen-bond acceptors (Lipinski definition) is 7. The van der Waals surface area contributed by atoms with E-state index in [0.29, 0.717) is 47.6 Å². The number of piperazine rings is 1. The van der Waals surface area contributed by atoms with Gasteiger partial charge in [-0.15, -0.1) is 0 Å². The van der Waals surface area contributed by atoms with Crippen molar-refractivity contribution < 1.29 is 14.7 Å². The molecule has 4 aliphatic heterocycles. The van der Waals surface area contributed by atoms with Gasteiger partial charge in [0.05, 0.1) is 12.6 Å². The summed E-state index contributed by atoms with van der Waals surface area (Å²) >= 11 is 14.0. The minimum absolute atomic E-state index is 0.0291. The van der Waals surface area contributed by atoms with Gasteiger partial charge >= 0.3 is 0 Å². The number of β-amino-alcohol motifs (C(OH)–C–C–N with tert-alkyl or cyclic N) is 1. The second kappa shape index (κ2) is 12.7. The van der Waals surface area contributed by atoms with Gasteiger partial charge in [-0.1, -0.05) is 61.3 Å². The zero-order chi connectivity index (χ0) is 31.2. The van der Waals surface area contributed by atoms with Gasteiger partial charge in [0.1, 0.15) is 16.5 Å². The van der Waals surface area contributed by atoms with E-state index in [9.17, 15) is 14.7 Å². The minimum Gasteiger partial charge on any atom is -0.395 e. The number of hydrogen-bond donors (Lipinski definition) is 1. The van der Waals surface area contributed by atoms with Crippen molar-refractivity contribution in [1.82, 2.24) is 19.6 Å². The number of likely N-dealkylation sites (tertiary alicyclic amines) is 1. The maximum atomic E-state index is 14.4. The summed E-state index contributed by atoms with van der Waals surface area (Å²) in [6, 6.07) is 15.0. The molecule has 2 fully saturated rings. The number of aliphatic imine (C=N–C) groups is 1. The van der Waals surface area contributed by atoms with Crippen LogP contribution in [0, 0.1) is 5.92 Å². The Balaban J connectivity index is 1.32. The molecule has 0 aromatic heterocycles. The van der Waals surface area contributed by atoms with Crippen molar-refractivity contribution in [3.05, 3.63) is 80.3 Å². The smallest absolute Gasteiger partial charge is 0.263 e. The van der Waals surface area contributed by atoms with E-state index >= 15 is 0 Å². The number of aliphatic hydroxyl groups is 1. The molecule has 0 radical (unpaired) electrons. The quantitative estimate of drug-likeness (QED) is 0.433. The summed E-state index contributed by atoms with van der Waals surface area (Å²) in [4.78, 5) is 42.2. The summed E-state index contributed by atoms with van der Waals surface area (Å²) in [5.74, 6) is -0.0251. The first-order chi connectivity index (χ1) is 21.1. The molecule has 44 heavy (non-hydrogen) atoms. The van der Waals surface area contributed by atoms with Crippen LogP contribution in [-0.4, -0.2) is 93.6 Å². The Morgan fingerprint density at radius 1 is 1.00 bits per heavy atom. The van der Waals surface area contributed by atoms with Gasteiger partial charge in [0, 0.05) is 55.0 Å². The van der Waals surface area contributed by atoms with Gasteiger partial charge in [0.25, 0.3) is 5.91 Å². The third-order valence-electron chi connectivity index (χ3n) is 9.26. The summed E-state index contributed by atoms with van der Waals surface area (Å²) in [6.45, 7) is 10.4. The van der Waals surface area contributed by atoms with Crippen LogP contribution in [0.3, 0.4) is 0 Å². The van der Waals surface area contributed by atoms with E-state index in [0.717, 1.165) is 41.5 Å². The van der Waals surface area contributed by atoms with Gasteiger partial charge in [-0.3, -0.25) is 14.5 Å². The van der Waals surface area contributed by atoms with E-state index in [1.807, 2.05) is 53.4 Å². The monoisotopic (exact) mass is 655 g/mol. The van der Waals surface area contributed by atoms with Gasteiger partial charge in [0.2, 0.25) is 5.91 Å². The van der Waals surface area contributed by atoms with Crippen molar-refractivity contribution in [3.8, 4) is 0 Å². The lowest BCUT2D eigenvalue weighted by Crippen LogP contribution is -2.54. The molecular formula is C33H39Cl2N5O3S. The molecule has 0 bridgehead atoms. The van der Waals surface area contributed by atoms with Crippen molar-refractivity contribution in [2.24, 2.45) is 10.9 Å². The van der Waals surface area contributed by atoms with Gasteiger partial charge in [-0.2, -0.15) is 0 Å². The van der Waals surface area contributed by atoms with Gasteiger partial charge in [0.15, 0.2) is 5.17 Å². The Morgan fingerprint density at radius 2 is 1.64 bits per heavy atom. The van der Waals surface area contributed by atoms with Crippen LogP contribution in [0.5, 0.6) is 0 Å². The molecule has 2 aromatic rings. The first kappa shape index (κ1) is 31.4. The first-order valence-corrected chi connectivity index (χ1v) is 16.9. The number of amidine groups is 1. The normalized spacial score (nSPS) is 25.7. The summed E-state index contributed by atoms with van der Waals surface area (Å²) in [6.07, 6.45) is 1.47. The van der Waals surface area contributed by atoms with Crippen molar-refractivity contribution in [1.29, 1.82) is 0 Å². The largest absolute Gasteiger partial charge is 0.395 e. The fourth-order valence-corrected chi connectivity index (χ4v) is 8.62. The van der Waals surface area contributed by atoms with E-state index in [2.05, 4.69) is 30.6 Å². The second-order valence-corrected chi connectivity index (χ2v) is 14.2. The predicted molar refractivity (Wildman–Crippen MR) is 177 cm³/mol. The highest BCUT2D eigenvalue weighted by Crippen LogP contribution is 2.56. The Morgan fingerprint density at radius 3 is 2.25 bits per heavy atom. The van der Waals surface area contributed by atoms with Crippen LogP contribution in [0.15, 0.2) is 64.1 Å². The van der Waals surface area contributed by atoms with Gasteiger partial charge in [-0.25, -0.2) is 4.99 Å². The lowest BCUT2D eigenvalue weighted by atomic mass is 9.81. The highest BCUT2D eigenvalue weighted by molar-refractivity contribution is 8.18. The van der Waals surface area contributed by atoms with Crippen LogP contribution >= 0.6 is 35.0 Å². The Kier molecular flexibility index (Phi) is 9.05. The zero-order valence-corrected chi connectivity index (χ0v) is 27.7. The lowest BCUT2D eigenvalue weighted by molar-refractivity contribution is -0.143. The maximum absolute atomic E-state index is 14.4. The number of aliphatic hydroxyl groups excluding tert-OH is 1. The molecule has 0 unspecified atom stereocenters. The summed E-state index contributed by atoms with van der Waals surface area (Å²) in [5, 5.41) is 11.4. The van der Waals surface area contributed by atoms with E-state index in [1.54, 1.807) is 4.90 Å². The molecule has 8 nitrogen and oxygen atoms in total. The Bertz CT molecular complexity index is 1470. The average molecular weight is 657 g/mol. The molecule has 0 spiro atoms. The van der Waals surface area contributed by atoms with Crippen LogP contribution in [-0.2, 0) is 15.1 Å². The SMILES string of the molecule is CC(C)C1=C(C(=O)N2CCC[C@@H]2C(=O)N2CCN(CCO)CC2)SC2=N[C@@](C)(c3ccc(Cl)cc3)[C@@H](c3ccc(Cl)cc3)N21. The third-order valence-corrected chi connectivity index (χ3v) is 10.8. The highest BCUT2D eigenvalue weighted by Gasteiger charge is 2.54. The van der Waals surface area contributed by atoms with E-state index < -0.39 is 11.6 Å². The van der Waals surface area contributed by atoms with Crippen LogP contribution < -0.4 is 0 Å². The summed E-state index contributed by atoms with van der Waals surface area (Å²) in [7, 11) is 0. The van der Waals surface area contributed by atoms with E-state index in [-0.39, 0.29) is 30.4 Å². The molecule has 2 amide bonds. The van der Waals surface area contributed by atoms with Crippen LogP contribution in [0.2, 0.25) is 10.0 Å². The standard InChI is InChI=1S/C33H39Cl2N5O3S/c1-21(2)27-28(31(43)39-14-4-5-26(39)30(42)38-17-15-37(16-18-38)19-20-41)44-32-36-33(3,23-8-12-25(35)13-9-23)29(40(27)32)22-6-10-24(34)11-7-22/h6-13,21,26,29,41H,4-5,14-20H2,1-3H3/t26-,29-,33+/m1/s1. The molecule has 1 N–H and O–H groups in total. The Labute approximate surface area is 273 Å². The number of nitrogens with zero attached hydrogens (tertiary/aromatic N) is 5. The van der Waals surface area contributed by atoms with Gasteiger partial charge < -0.3 is 19.8 Å². The number of thioether (sulfide) groups is 1. The maximum Gasteiger partial charge on any atom is 0.263 e. The zero-order valence-electron chi connectivity index (χ0n) is 25.4. The summed E-state index contributed by atoms with van der Waals surface area (Å²) in [5.41, 5.74) is 2.38. The number of rotatable bonds is 7. The molecule has 3 atom stereocenters. The first-order valence-electron chi connectivity index (χ1n) is 15.4. The molecule has 4 aliphatic rings. The highest BCUT2D eigenvalue weighted by atomic mass is 35.5. The minimum atomic E-state index is -0.639. The predicted octanol–water partition coefficient (Wildman–Crippen LogP) is 5.36. The third kappa shape index (κ3) is 5.66. The number of allylic oxidation sites excluding steroid dienone is 1. The Hall–Kier alpha value is -2.56. The molecule has 2 aromatic carbocycles. The van der Waals surface area contributed by atoms with Crippen molar-refractivity contribution >= 4 is 51.9 Å². The second-order valence-electron chi connectivity index (χ2n) is 12.4. The topological polar surface area (TPSA) is 79.7 Å². The number of carbonyl (C=O) groups is 2. The molecule has 4 heterocycles. The fourth-order valence-electron chi connectivity index (χ4n) is 7.01. The van der Waals surface area contributed by atoms with Crippen LogP contribution in [0.25, 0.3) is 0 Å². The molecule has 2 saturated heterocycles. The van der Waals surface area contributed by atoms with Gasteiger partial charge in [-0.05, 0) is 72.8 Å². The van der Waals surface area contributed by atoms with Crippen LogP contribution in [0.4, 0.5) is 0 Å². The van der Waals surface area contributed by atoms with Crippen LogP contribution in [0.1, 0.15) is 50.8 Å². The molecule has 0 aliphatic carbocycles. The summed E-state index contributed by atoms with van der Waals surface area (Å²) < 4.78 is 0. The van der Waals surface area contributed by atoms with Crippen molar-refractivity contribution in [3.63, 3.8) is 0 Å². The number of carbonyl (C=O) groups excluding carboxylic acids is 2. The van der Waals surface area contributed by atoms with Crippen molar-refractivity contribution in [2.45, 2.75) is 51.2 Å². The lowest BCUT2D eigenvalue weighted by Gasteiger charge is -2.38. The molecule has 234 valence electrons. The molecule has 6 rings (SSSR count). The number of benzene rings is 2. The number of amides is 2. The van der Waals surface area contributed by atoms with Crippen molar-refractivity contribution in [2.75, 3.05) is 45.9 Å². The average Bonchev–Trinajstić information content (AvgIpc) is 3.71. The number of fused-ring (bicyclic) bond motifs is 1. The molecular weight excluding hydrogens is 617 g/mol. The molecule has 11 heteroatoms. The molecule has 0 saturated carbocycles. The van der Waals surface area contributed by atoms with E-state index in [4.69, 9.17) is 28.2 Å².